The number of hydrogen-bond donors (Lipinski definition) is 0. The van der Waals surface area contributed by atoms with Crippen molar-refractivity contribution in [2.24, 2.45) is 17.8 Å². The van der Waals surface area contributed by atoms with E-state index in [-0.39, 0.29) is 42.4 Å². The average molecular weight is 527 g/mol. The number of rotatable bonds is 5. The van der Waals surface area contributed by atoms with E-state index in [1.165, 1.54) is 6.26 Å². The Balaban J connectivity index is 1.48. The number of piperidine rings is 1. The molecule has 2 bridgehead atoms. The second-order valence-corrected chi connectivity index (χ2v) is 15.2. The largest absolute Gasteiger partial charge is 0.374 e. The van der Waals surface area contributed by atoms with Crippen molar-refractivity contribution in [3.05, 3.63) is 24.3 Å². The van der Waals surface area contributed by atoms with Gasteiger partial charge in [0, 0.05) is 70.0 Å². The number of benzene rings is 1. The second kappa shape index (κ2) is 9.80. The molecule has 4 fully saturated rings. The molecule has 0 aromatic heterocycles. The lowest BCUT2D eigenvalue weighted by atomic mass is 9.76. The Hall–Kier alpha value is -2.01. The van der Waals surface area contributed by atoms with Crippen LogP contribution in [0.1, 0.15) is 13.8 Å². The van der Waals surface area contributed by atoms with Gasteiger partial charge in [-0.05, 0) is 42.0 Å². The minimum Gasteiger partial charge on any atom is -0.374 e. The number of fused-ring (bicyclic) bond motifs is 4. The number of carbonyl (C=O) groups excluding carboxylic acids is 1. The molecule has 4 saturated heterocycles. The van der Waals surface area contributed by atoms with Crippen LogP contribution in [0.3, 0.4) is 0 Å². The Morgan fingerprint density at radius 2 is 1.63 bits per heavy atom. The van der Waals surface area contributed by atoms with Crippen molar-refractivity contribution < 1.29 is 21.6 Å². The lowest BCUT2D eigenvalue weighted by molar-refractivity contribution is 0.152. The van der Waals surface area contributed by atoms with E-state index in [1.54, 1.807) is 4.90 Å². The van der Waals surface area contributed by atoms with Crippen LogP contribution in [-0.4, -0.2) is 109 Å². The summed E-state index contributed by atoms with van der Waals surface area (Å²) in [4.78, 5) is 21.3. The van der Waals surface area contributed by atoms with Gasteiger partial charge in [-0.2, -0.15) is 0 Å². The summed E-state index contributed by atoms with van der Waals surface area (Å²) in [5.74, 6) is 1.43. The van der Waals surface area contributed by atoms with Gasteiger partial charge in [0.25, 0.3) is 0 Å². The zero-order valence-corrected chi connectivity index (χ0v) is 22.8. The molecule has 11 heteroatoms. The zero-order valence-electron chi connectivity index (χ0n) is 21.1. The van der Waals surface area contributed by atoms with Crippen LogP contribution < -0.4 is 9.80 Å². The van der Waals surface area contributed by atoms with Crippen LogP contribution >= 0.6 is 0 Å². The van der Waals surface area contributed by atoms with Crippen LogP contribution in [0.15, 0.2) is 24.3 Å². The highest BCUT2D eigenvalue weighted by atomic mass is 32.2. The number of urea groups is 1. The van der Waals surface area contributed by atoms with Crippen molar-refractivity contribution >= 4 is 37.1 Å². The molecule has 1 aromatic carbocycles. The van der Waals surface area contributed by atoms with E-state index in [0.717, 1.165) is 17.9 Å². The molecule has 5 rings (SSSR count). The van der Waals surface area contributed by atoms with E-state index in [1.807, 2.05) is 29.0 Å². The summed E-state index contributed by atoms with van der Waals surface area (Å²) in [5, 5.41) is 0. The maximum Gasteiger partial charge on any atom is 0.320 e. The summed E-state index contributed by atoms with van der Waals surface area (Å²) in [6.45, 7) is 7.72. The van der Waals surface area contributed by atoms with Gasteiger partial charge in [-0.25, -0.2) is 21.6 Å². The summed E-state index contributed by atoms with van der Waals surface area (Å²) in [6, 6.07) is 8.37. The number of nitrogens with zero attached hydrogens (tertiary/aromatic N) is 4. The van der Waals surface area contributed by atoms with Crippen LogP contribution in [0.2, 0.25) is 0 Å². The second-order valence-electron chi connectivity index (χ2n) is 10.6. The van der Waals surface area contributed by atoms with E-state index >= 15 is 0 Å². The maximum atomic E-state index is 13.3. The molecular weight excluding hydrogens is 488 g/mol. The first kappa shape index (κ1) is 26.1. The summed E-state index contributed by atoms with van der Waals surface area (Å²) in [6.07, 6.45) is 1.25. The third-order valence-electron chi connectivity index (χ3n) is 8.18. The van der Waals surface area contributed by atoms with Crippen LogP contribution in [0.25, 0.3) is 0 Å². The van der Waals surface area contributed by atoms with E-state index in [4.69, 9.17) is 0 Å². The molecule has 0 aliphatic carbocycles. The SMILES string of the molecule is CC1[C@@H]2CN(C(=O)N3CCS(=O)(=O)CC3)CC([C@H]1C)N(c1ccc(N(C)CCS(C)(=O)=O)cc1)C2. The highest BCUT2D eigenvalue weighted by Gasteiger charge is 2.45. The lowest BCUT2D eigenvalue weighted by Crippen LogP contribution is -2.53. The quantitative estimate of drug-likeness (QED) is 0.572. The maximum absolute atomic E-state index is 13.3. The molecule has 2 amide bonds. The normalized spacial score (nSPS) is 28.6. The van der Waals surface area contributed by atoms with E-state index in [9.17, 15) is 21.6 Å². The standard InChI is InChI=1S/C24H38N4O5S2/c1-18-19(2)23-17-27(24(29)26-10-13-35(32,33)14-11-26)15-20(18)16-28(23)22-7-5-21(6-8-22)25(3)9-12-34(4,30)31/h5-8,18-20,23H,9-17H2,1-4H3/t18?,19-,20+,23?/m0/s1. The Morgan fingerprint density at radius 1 is 1.00 bits per heavy atom. The number of carbonyl (C=O) groups is 1. The third kappa shape index (κ3) is 5.87. The molecule has 4 heterocycles. The van der Waals surface area contributed by atoms with Gasteiger partial charge in [-0.1, -0.05) is 13.8 Å². The van der Waals surface area contributed by atoms with Crippen LogP contribution in [-0.2, 0) is 19.7 Å². The Labute approximate surface area is 209 Å². The number of amides is 2. The minimum absolute atomic E-state index is 0.0408. The monoisotopic (exact) mass is 526 g/mol. The Bertz CT molecular complexity index is 1120. The summed E-state index contributed by atoms with van der Waals surface area (Å²) >= 11 is 0. The first-order chi connectivity index (χ1) is 16.3. The Morgan fingerprint density at radius 3 is 2.23 bits per heavy atom. The highest BCUT2D eigenvalue weighted by molar-refractivity contribution is 7.91. The molecule has 0 spiro atoms. The van der Waals surface area contributed by atoms with E-state index in [2.05, 4.69) is 30.9 Å². The summed E-state index contributed by atoms with van der Waals surface area (Å²) in [7, 11) is -4.15. The summed E-state index contributed by atoms with van der Waals surface area (Å²) < 4.78 is 46.6. The van der Waals surface area contributed by atoms with Gasteiger partial charge < -0.3 is 19.6 Å². The first-order valence-corrected chi connectivity index (χ1v) is 16.2. The average Bonchev–Trinajstić information content (AvgIpc) is 3.07. The predicted octanol–water partition coefficient (Wildman–Crippen LogP) is 1.41. The fourth-order valence-electron chi connectivity index (χ4n) is 5.58. The number of anilines is 2. The molecule has 1 aromatic rings. The van der Waals surface area contributed by atoms with Gasteiger partial charge in [0.1, 0.15) is 9.84 Å². The fraction of sp³-hybridized carbons (Fsp3) is 0.708. The minimum atomic E-state index is -3.03. The molecule has 9 nitrogen and oxygen atoms in total. The van der Waals surface area contributed by atoms with E-state index in [0.29, 0.717) is 37.4 Å². The zero-order chi connectivity index (χ0) is 25.5. The van der Waals surface area contributed by atoms with Gasteiger partial charge in [-0.3, -0.25) is 0 Å². The van der Waals surface area contributed by atoms with Crippen molar-refractivity contribution in [2.75, 3.05) is 79.6 Å². The molecule has 0 radical (unpaired) electrons. The highest BCUT2D eigenvalue weighted by Crippen LogP contribution is 2.40. The summed E-state index contributed by atoms with van der Waals surface area (Å²) in [5.41, 5.74) is 2.08. The van der Waals surface area contributed by atoms with Gasteiger partial charge in [-0.15, -0.1) is 0 Å². The molecule has 196 valence electrons. The van der Waals surface area contributed by atoms with Crippen molar-refractivity contribution in [2.45, 2.75) is 19.9 Å². The molecule has 2 unspecified atom stereocenters. The first-order valence-electron chi connectivity index (χ1n) is 12.3. The van der Waals surface area contributed by atoms with Crippen molar-refractivity contribution in [1.82, 2.24) is 9.80 Å². The van der Waals surface area contributed by atoms with Crippen LogP contribution in [0.4, 0.5) is 16.2 Å². The number of sulfone groups is 2. The molecule has 4 aliphatic heterocycles. The van der Waals surface area contributed by atoms with Crippen molar-refractivity contribution in [3.8, 4) is 0 Å². The molecular formula is C24H38N4O5S2. The number of hydrogen-bond acceptors (Lipinski definition) is 7. The van der Waals surface area contributed by atoms with E-state index < -0.39 is 19.7 Å². The predicted molar refractivity (Wildman–Crippen MR) is 140 cm³/mol. The van der Waals surface area contributed by atoms with Gasteiger partial charge in [0.2, 0.25) is 0 Å². The van der Waals surface area contributed by atoms with Gasteiger partial charge >= 0.3 is 6.03 Å². The van der Waals surface area contributed by atoms with Crippen molar-refractivity contribution in [1.29, 1.82) is 0 Å². The van der Waals surface area contributed by atoms with Crippen LogP contribution in [0.5, 0.6) is 0 Å². The fourth-order valence-corrected chi connectivity index (χ4v) is 7.38. The molecule has 0 N–H and O–H groups in total. The molecule has 35 heavy (non-hydrogen) atoms. The van der Waals surface area contributed by atoms with Crippen molar-refractivity contribution in [3.63, 3.8) is 0 Å². The molecule has 0 saturated carbocycles. The Kier molecular flexibility index (Phi) is 7.30. The van der Waals surface area contributed by atoms with Gasteiger partial charge in [0.05, 0.1) is 17.3 Å². The third-order valence-corrected chi connectivity index (χ3v) is 10.7. The van der Waals surface area contributed by atoms with Crippen LogP contribution in [0, 0.1) is 17.8 Å². The lowest BCUT2D eigenvalue weighted by Gasteiger charge is -2.45. The topological polar surface area (TPSA) is 98.3 Å². The molecule has 4 aliphatic rings. The van der Waals surface area contributed by atoms with Gasteiger partial charge in [0.15, 0.2) is 9.84 Å². The smallest absolute Gasteiger partial charge is 0.320 e. The molecule has 4 atom stereocenters.